The molecule has 4 nitrogen and oxygen atoms in total. The van der Waals surface area contributed by atoms with Crippen molar-refractivity contribution in [2.24, 2.45) is 5.84 Å². The molecule has 0 spiro atoms. The Morgan fingerprint density at radius 3 is 2.59 bits per heavy atom. The number of hydrazine groups is 1. The highest BCUT2D eigenvalue weighted by Crippen LogP contribution is 2.36. The average Bonchev–Trinajstić information content (AvgIpc) is 2.52. The summed E-state index contributed by atoms with van der Waals surface area (Å²) in [4.78, 5) is 1.08. The predicted molar refractivity (Wildman–Crippen MR) is 78.7 cm³/mol. The van der Waals surface area contributed by atoms with Gasteiger partial charge in [-0.25, -0.2) is 8.42 Å². The molecule has 1 aromatic rings. The Morgan fingerprint density at radius 1 is 1.53 bits per heavy atom. The zero-order valence-corrected chi connectivity index (χ0v) is 14.0. The lowest BCUT2D eigenvalue weighted by molar-refractivity contribution is 0.514. The Labute approximate surface area is 122 Å². The summed E-state index contributed by atoms with van der Waals surface area (Å²) >= 11 is 8.42. The van der Waals surface area contributed by atoms with E-state index >= 15 is 0 Å². The van der Waals surface area contributed by atoms with Gasteiger partial charge in [0.05, 0.1) is 9.83 Å². The summed E-state index contributed by atoms with van der Waals surface area (Å²) < 4.78 is 24.1. The van der Waals surface area contributed by atoms with Crippen LogP contribution < -0.4 is 11.3 Å². The highest BCUT2D eigenvalue weighted by molar-refractivity contribution is 9.13. The molecule has 1 aromatic heterocycles. The van der Waals surface area contributed by atoms with Crippen molar-refractivity contribution in [1.82, 2.24) is 5.43 Å². The van der Waals surface area contributed by atoms with Gasteiger partial charge in [0.15, 0.2) is 0 Å². The molecule has 1 atom stereocenters. The fourth-order valence-corrected chi connectivity index (χ4v) is 4.27. The summed E-state index contributed by atoms with van der Waals surface area (Å²) in [6, 6.07) is 1.98. The van der Waals surface area contributed by atoms with Crippen LogP contribution in [0.2, 0.25) is 0 Å². The van der Waals surface area contributed by atoms with Gasteiger partial charge in [-0.1, -0.05) is 0 Å². The van der Waals surface area contributed by atoms with E-state index in [0.29, 0.717) is 12.8 Å². The van der Waals surface area contributed by atoms with E-state index in [-0.39, 0.29) is 11.8 Å². The lowest BCUT2D eigenvalue weighted by atomic mass is 10.1. The maximum absolute atomic E-state index is 11.0. The zero-order valence-electron chi connectivity index (χ0n) is 9.24. The minimum absolute atomic E-state index is 0.00986. The molecule has 8 heteroatoms. The minimum atomic E-state index is -2.90. The van der Waals surface area contributed by atoms with Crippen LogP contribution in [-0.4, -0.2) is 20.4 Å². The second-order valence-electron chi connectivity index (χ2n) is 3.76. The Balaban J connectivity index is 2.60. The van der Waals surface area contributed by atoms with Crippen molar-refractivity contribution in [2.45, 2.75) is 18.9 Å². The SMILES string of the molecule is CS(=O)(=O)CCCC(NN)c1cc(Br)c(Br)s1. The Bertz CT molecular complexity index is 454. The first-order valence-electron chi connectivity index (χ1n) is 4.92. The average molecular weight is 406 g/mol. The molecule has 0 aliphatic heterocycles. The summed E-state index contributed by atoms with van der Waals surface area (Å²) in [6.07, 6.45) is 2.54. The summed E-state index contributed by atoms with van der Waals surface area (Å²) in [6.45, 7) is 0. The third-order valence-corrected chi connectivity index (χ3v) is 6.62. The van der Waals surface area contributed by atoms with Gasteiger partial charge in [0.25, 0.3) is 0 Å². The van der Waals surface area contributed by atoms with Crippen LogP contribution in [0.4, 0.5) is 0 Å². The van der Waals surface area contributed by atoms with E-state index in [9.17, 15) is 8.42 Å². The first-order valence-corrected chi connectivity index (χ1v) is 9.38. The van der Waals surface area contributed by atoms with Crippen molar-refractivity contribution in [3.05, 3.63) is 19.2 Å². The molecule has 1 rings (SSSR count). The van der Waals surface area contributed by atoms with Gasteiger partial charge in [-0.3, -0.25) is 11.3 Å². The number of nitrogens with one attached hydrogen (secondary N) is 1. The number of hydrogen-bond donors (Lipinski definition) is 2. The normalized spacial score (nSPS) is 13.9. The third-order valence-electron chi connectivity index (χ3n) is 2.22. The van der Waals surface area contributed by atoms with Crippen molar-refractivity contribution in [3.8, 4) is 0 Å². The van der Waals surface area contributed by atoms with Crippen LogP contribution in [-0.2, 0) is 9.84 Å². The molecule has 0 bridgehead atoms. The van der Waals surface area contributed by atoms with Gasteiger partial charge in [0.2, 0.25) is 0 Å². The van der Waals surface area contributed by atoms with Crippen molar-refractivity contribution >= 4 is 53.0 Å². The van der Waals surface area contributed by atoms with Gasteiger partial charge in [0.1, 0.15) is 9.84 Å². The zero-order chi connectivity index (χ0) is 13.1. The fourth-order valence-electron chi connectivity index (χ4n) is 1.39. The number of sulfone groups is 1. The topological polar surface area (TPSA) is 72.2 Å². The van der Waals surface area contributed by atoms with Crippen LogP contribution in [0.25, 0.3) is 0 Å². The van der Waals surface area contributed by atoms with Gasteiger partial charge in [-0.05, 0) is 50.8 Å². The molecule has 3 N–H and O–H groups in total. The van der Waals surface area contributed by atoms with Crippen molar-refractivity contribution in [3.63, 3.8) is 0 Å². The molecule has 0 radical (unpaired) electrons. The van der Waals surface area contributed by atoms with Gasteiger partial charge < -0.3 is 0 Å². The maximum Gasteiger partial charge on any atom is 0.147 e. The van der Waals surface area contributed by atoms with Crippen molar-refractivity contribution < 1.29 is 8.42 Å². The highest BCUT2D eigenvalue weighted by Gasteiger charge is 2.15. The maximum atomic E-state index is 11.0. The summed E-state index contributed by atoms with van der Waals surface area (Å²) in [5.41, 5.74) is 2.72. The number of hydrogen-bond acceptors (Lipinski definition) is 5. The quantitative estimate of drug-likeness (QED) is 0.563. The molecule has 17 heavy (non-hydrogen) atoms. The second kappa shape index (κ2) is 6.63. The van der Waals surface area contributed by atoms with Crippen molar-refractivity contribution in [2.75, 3.05) is 12.0 Å². The van der Waals surface area contributed by atoms with E-state index < -0.39 is 9.84 Å². The molecular weight excluding hydrogens is 392 g/mol. The Morgan fingerprint density at radius 2 is 2.18 bits per heavy atom. The number of halogens is 2. The smallest absolute Gasteiger partial charge is 0.147 e. The monoisotopic (exact) mass is 404 g/mol. The lowest BCUT2D eigenvalue weighted by Gasteiger charge is -2.13. The molecule has 0 saturated carbocycles. The van der Waals surface area contributed by atoms with Crippen molar-refractivity contribution in [1.29, 1.82) is 0 Å². The minimum Gasteiger partial charge on any atom is -0.271 e. The molecule has 1 unspecified atom stereocenters. The first kappa shape index (κ1) is 15.6. The van der Waals surface area contributed by atoms with E-state index in [1.165, 1.54) is 6.26 Å². The summed E-state index contributed by atoms with van der Waals surface area (Å²) in [7, 11) is -2.90. The predicted octanol–water partition coefficient (Wildman–Crippen LogP) is 2.60. The Hall–Kier alpha value is 0.530. The molecule has 1 heterocycles. The van der Waals surface area contributed by atoms with Gasteiger partial charge in [0, 0.05) is 21.4 Å². The lowest BCUT2D eigenvalue weighted by Crippen LogP contribution is -2.27. The number of nitrogens with two attached hydrogens (primary N) is 1. The van der Waals surface area contributed by atoms with E-state index in [2.05, 4.69) is 37.3 Å². The van der Waals surface area contributed by atoms with E-state index in [1.807, 2.05) is 6.07 Å². The Kier molecular flexibility index (Phi) is 6.07. The van der Waals surface area contributed by atoms with Gasteiger partial charge in [-0.2, -0.15) is 0 Å². The molecule has 0 fully saturated rings. The van der Waals surface area contributed by atoms with Crippen LogP contribution in [0.1, 0.15) is 23.8 Å². The van der Waals surface area contributed by atoms with Crippen LogP contribution in [0.15, 0.2) is 14.3 Å². The molecule has 0 aliphatic carbocycles. The van der Waals surface area contributed by atoms with Gasteiger partial charge in [-0.15, -0.1) is 11.3 Å². The molecule has 0 saturated heterocycles. The molecular formula is C9H14Br2N2O2S2. The summed E-state index contributed by atoms with van der Waals surface area (Å²) in [5.74, 6) is 5.68. The first-order chi connectivity index (χ1) is 7.83. The molecule has 0 amide bonds. The van der Waals surface area contributed by atoms with E-state index in [1.54, 1.807) is 11.3 Å². The fraction of sp³-hybridized carbons (Fsp3) is 0.556. The molecule has 0 aromatic carbocycles. The molecule has 0 aliphatic rings. The standard InChI is InChI=1S/C9H14Br2N2O2S2/c1-17(14,15)4-2-3-7(13-12)8-5-6(10)9(11)16-8/h5,7,13H,2-4,12H2,1H3. The highest BCUT2D eigenvalue weighted by atomic mass is 79.9. The van der Waals surface area contributed by atoms with Crippen LogP contribution in [0, 0.1) is 0 Å². The van der Waals surface area contributed by atoms with E-state index in [0.717, 1.165) is 13.1 Å². The second-order valence-corrected chi connectivity index (χ2v) is 9.28. The third kappa shape index (κ3) is 5.35. The largest absolute Gasteiger partial charge is 0.271 e. The van der Waals surface area contributed by atoms with Gasteiger partial charge >= 0.3 is 0 Å². The van der Waals surface area contributed by atoms with E-state index in [4.69, 9.17) is 5.84 Å². The number of thiophene rings is 1. The van der Waals surface area contributed by atoms with Crippen LogP contribution in [0.3, 0.4) is 0 Å². The molecule has 98 valence electrons. The van der Waals surface area contributed by atoms with Crippen LogP contribution >= 0.6 is 43.2 Å². The van der Waals surface area contributed by atoms with Crippen LogP contribution in [0.5, 0.6) is 0 Å². The number of rotatable bonds is 6. The summed E-state index contributed by atoms with van der Waals surface area (Å²) in [5, 5.41) is 0.